The van der Waals surface area contributed by atoms with Crippen LogP contribution < -0.4 is 0 Å². The van der Waals surface area contributed by atoms with Crippen LogP contribution in [-0.2, 0) is 6.42 Å². The van der Waals surface area contributed by atoms with Gasteiger partial charge in [0.05, 0.1) is 11.4 Å². The number of aromatic nitrogens is 3. The predicted molar refractivity (Wildman–Crippen MR) is 40.1 cm³/mol. The Labute approximate surface area is 65.3 Å². The quantitative estimate of drug-likeness (QED) is 0.651. The maximum Gasteiger partial charge on any atom is 0.0719 e. The van der Waals surface area contributed by atoms with Gasteiger partial charge in [0.2, 0.25) is 0 Å². The van der Waals surface area contributed by atoms with Crippen molar-refractivity contribution in [1.82, 2.24) is 15.4 Å². The molecule has 0 aliphatic carbocycles. The Bertz CT molecular complexity index is 249. The number of aryl methyl sites for hydroxylation is 1. The van der Waals surface area contributed by atoms with Crippen LogP contribution in [0.25, 0.3) is 0 Å². The lowest BCUT2D eigenvalue weighted by Crippen LogP contribution is -2.04. The summed E-state index contributed by atoms with van der Waals surface area (Å²) in [5, 5.41) is 19.8. The van der Waals surface area contributed by atoms with E-state index in [0.29, 0.717) is 6.42 Å². The molecule has 0 saturated heterocycles. The molecule has 0 spiro atoms. The molecule has 0 saturated carbocycles. The number of aliphatic hydroxyl groups is 1. The monoisotopic (exact) mass is 153 g/mol. The zero-order valence-corrected chi connectivity index (χ0v) is 6.70. The van der Waals surface area contributed by atoms with Gasteiger partial charge in [-0.15, -0.1) is 10.2 Å². The van der Waals surface area contributed by atoms with Crippen molar-refractivity contribution in [2.24, 2.45) is 0 Å². The van der Waals surface area contributed by atoms with Crippen LogP contribution >= 0.6 is 0 Å². The van der Waals surface area contributed by atoms with Crippen LogP contribution in [0.1, 0.15) is 17.0 Å². The highest BCUT2D eigenvalue weighted by Gasteiger charge is 2.02. The van der Waals surface area contributed by atoms with Crippen LogP contribution in [0.15, 0.2) is 0 Å². The zero-order chi connectivity index (χ0) is 8.27. The molecule has 1 heterocycles. The summed E-state index contributed by atoms with van der Waals surface area (Å²) in [5.41, 5.74) is 2.73. The van der Waals surface area contributed by atoms with E-state index >= 15 is 0 Å². The first-order valence-electron chi connectivity index (χ1n) is 3.52. The molecule has 0 aliphatic rings. The average Bonchev–Trinajstić information content (AvgIpc) is 1.99. The number of aliphatic hydroxyl groups excluding tert-OH is 1. The van der Waals surface area contributed by atoms with Gasteiger partial charge >= 0.3 is 0 Å². The fourth-order valence-corrected chi connectivity index (χ4v) is 0.846. The van der Waals surface area contributed by atoms with Crippen LogP contribution in [0.5, 0.6) is 0 Å². The summed E-state index contributed by atoms with van der Waals surface area (Å²) in [7, 11) is 0. The van der Waals surface area contributed by atoms with E-state index in [1.165, 1.54) is 0 Å². The Morgan fingerprint density at radius 3 is 2.64 bits per heavy atom. The van der Waals surface area contributed by atoms with E-state index in [2.05, 4.69) is 15.4 Å². The Balaban J connectivity index is 2.96. The molecular weight excluding hydrogens is 142 g/mol. The highest BCUT2D eigenvalue weighted by Crippen LogP contribution is 2.05. The van der Waals surface area contributed by atoms with Crippen molar-refractivity contribution in [2.45, 2.75) is 20.3 Å². The molecule has 11 heavy (non-hydrogen) atoms. The van der Waals surface area contributed by atoms with Gasteiger partial charge in [-0.1, -0.05) is 0 Å². The molecule has 0 unspecified atom stereocenters. The van der Waals surface area contributed by atoms with E-state index in [1.807, 2.05) is 13.8 Å². The van der Waals surface area contributed by atoms with Gasteiger partial charge in [-0.05, 0) is 24.6 Å². The minimum atomic E-state index is 0.110. The molecule has 0 aliphatic heterocycles. The smallest absolute Gasteiger partial charge is 0.0719 e. The Hall–Kier alpha value is -1.03. The fourth-order valence-electron chi connectivity index (χ4n) is 0.846. The molecule has 0 bridgehead atoms. The lowest BCUT2D eigenvalue weighted by atomic mass is 10.1. The van der Waals surface area contributed by atoms with Crippen molar-refractivity contribution in [1.29, 1.82) is 0 Å². The molecule has 1 aromatic heterocycles. The lowest BCUT2D eigenvalue weighted by molar-refractivity contribution is 0.297. The van der Waals surface area contributed by atoms with Crippen molar-refractivity contribution in [2.75, 3.05) is 6.61 Å². The Kier molecular flexibility index (Phi) is 2.48. The number of hydrogen-bond acceptors (Lipinski definition) is 4. The van der Waals surface area contributed by atoms with E-state index in [9.17, 15) is 0 Å². The molecular formula is C7H11N3O. The third-order valence-electron chi connectivity index (χ3n) is 1.68. The molecule has 1 rings (SSSR count). The van der Waals surface area contributed by atoms with Crippen LogP contribution in [0.2, 0.25) is 0 Å². The van der Waals surface area contributed by atoms with Crippen molar-refractivity contribution in [3.8, 4) is 0 Å². The van der Waals surface area contributed by atoms with Crippen molar-refractivity contribution < 1.29 is 5.11 Å². The largest absolute Gasteiger partial charge is 0.396 e. The van der Waals surface area contributed by atoms with E-state index in [-0.39, 0.29) is 6.61 Å². The van der Waals surface area contributed by atoms with E-state index in [4.69, 9.17) is 5.11 Å². The maximum absolute atomic E-state index is 8.65. The van der Waals surface area contributed by atoms with E-state index in [1.54, 1.807) is 0 Å². The van der Waals surface area contributed by atoms with Gasteiger partial charge in [0, 0.05) is 13.0 Å². The number of nitrogens with zero attached hydrogens (tertiary/aromatic N) is 3. The summed E-state index contributed by atoms with van der Waals surface area (Å²) >= 11 is 0. The van der Waals surface area contributed by atoms with Gasteiger partial charge in [0.1, 0.15) is 0 Å². The van der Waals surface area contributed by atoms with Gasteiger partial charge < -0.3 is 5.11 Å². The summed E-state index contributed by atoms with van der Waals surface area (Å²) < 4.78 is 0. The van der Waals surface area contributed by atoms with Gasteiger partial charge in [-0.25, -0.2) is 0 Å². The van der Waals surface area contributed by atoms with Crippen molar-refractivity contribution >= 4 is 0 Å². The van der Waals surface area contributed by atoms with Crippen molar-refractivity contribution in [3.63, 3.8) is 0 Å². The molecule has 4 heteroatoms. The molecule has 1 aromatic rings. The van der Waals surface area contributed by atoms with E-state index in [0.717, 1.165) is 17.0 Å². The highest BCUT2D eigenvalue weighted by atomic mass is 16.3. The minimum absolute atomic E-state index is 0.110. The summed E-state index contributed by atoms with van der Waals surface area (Å²) in [6, 6.07) is 0. The first-order valence-corrected chi connectivity index (χ1v) is 3.52. The number of hydrogen-bond donors (Lipinski definition) is 1. The molecule has 0 aromatic carbocycles. The summed E-state index contributed by atoms with van der Waals surface area (Å²) in [5.74, 6) is 0. The highest BCUT2D eigenvalue weighted by molar-refractivity contribution is 5.20. The van der Waals surface area contributed by atoms with Gasteiger partial charge in [-0.3, -0.25) is 0 Å². The third kappa shape index (κ3) is 1.71. The van der Waals surface area contributed by atoms with Crippen LogP contribution in [0, 0.1) is 13.8 Å². The van der Waals surface area contributed by atoms with Gasteiger partial charge in [0.25, 0.3) is 0 Å². The summed E-state index contributed by atoms with van der Waals surface area (Å²) in [6.07, 6.45) is 0.558. The summed E-state index contributed by atoms with van der Waals surface area (Å²) in [4.78, 5) is 0. The molecule has 0 radical (unpaired) electrons. The second-order valence-electron chi connectivity index (χ2n) is 2.42. The SMILES string of the molecule is Cc1nnnc(CCO)c1C. The standard InChI is InChI=1S/C7H11N3O/c1-5-6(2)8-10-9-7(5)3-4-11/h11H,3-4H2,1-2H3. The Morgan fingerprint density at radius 2 is 2.00 bits per heavy atom. The maximum atomic E-state index is 8.65. The molecule has 4 nitrogen and oxygen atoms in total. The predicted octanol–water partition coefficient (Wildman–Crippen LogP) is 0.0232. The zero-order valence-electron chi connectivity index (χ0n) is 6.70. The lowest BCUT2D eigenvalue weighted by Gasteiger charge is -2.01. The molecule has 1 N–H and O–H groups in total. The van der Waals surface area contributed by atoms with Crippen LogP contribution in [0.3, 0.4) is 0 Å². The normalized spacial score (nSPS) is 10.1. The molecule has 0 atom stereocenters. The summed E-state index contributed by atoms with van der Waals surface area (Å²) in [6.45, 7) is 3.92. The first kappa shape index (κ1) is 8.07. The number of rotatable bonds is 2. The van der Waals surface area contributed by atoms with Gasteiger partial charge in [-0.2, -0.15) is 0 Å². The molecule has 60 valence electrons. The van der Waals surface area contributed by atoms with Gasteiger partial charge in [0.15, 0.2) is 0 Å². The second kappa shape index (κ2) is 3.39. The van der Waals surface area contributed by atoms with Crippen LogP contribution in [-0.4, -0.2) is 27.1 Å². The first-order chi connectivity index (χ1) is 5.25. The molecule has 0 amide bonds. The Morgan fingerprint density at radius 1 is 1.27 bits per heavy atom. The van der Waals surface area contributed by atoms with Crippen molar-refractivity contribution in [3.05, 3.63) is 17.0 Å². The topological polar surface area (TPSA) is 58.9 Å². The second-order valence-corrected chi connectivity index (χ2v) is 2.42. The van der Waals surface area contributed by atoms with Crippen LogP contribution in [0.4, 0.5) is 0 Å². The third-order valence-corrected chi connectivity index (χ3v) is 1.68. The fraction of sp³-hybridized carbons (Fsp3) is 0.571. The minimum Gasteiger partial charge on any atom is -0.396 e. The molecule has 0 fully saturated rings. The average molecular weight is 153 g/mol. The van der Waals surface area contributed by atoms with E-state index < -0.39 is 0 Å².